The molecule has 0 radical (unpaired) electrons. The van der Waals surface area contributed by atoms with Crippen LogP contribution in [0.1, 0.15) is 65.2 Å². The minimum Gasteiger partial charge on any atom is -0.375 e. The Balaban J connectivity index is 1.49. The second-order valence-electron chi connectivity index (χ2n) is 8.88. The zero-order chi connectivity index (χ0) is 16.9. The Morgan fingerprint density at radius 1 is 0.917 bits per heavy atom. The van der Waals surface area contributed by atoms with E-state index in [1.807, 2.05) is 0 Å². The third-order valence-corrected chi connectivity index (χ3v) is 6.80. The van der Waals surface area contributed by atoms with Crippen molar-refractivity contribution < 1.29 is 14.5 Å². The number of quaternary nitrogens is 2. The minimum absolute atomic E-state index is 0.115. The Kier molecular flexibility index (Phi) is 6.24. The highest BCUT2D eigenvalue weighted by molar-refractivity contribution is 4.99. The smallest absolute Gasteiger partial charge is 0.139 e. The Morgan fingerprint density at radius 3 is 2.38 bits per heavy atom. The molecule has 3 saturated heterocycles. The average Bonchev–Trinajstić information content (AvgIpc) is 2.60. The van der Waals surface area contributed by atoms with Crippen LogP contribution in [-0.2, 0) is 4.74 Å². The summed E-state index contributed by atoms with van der Waals surface area (Å²) in [6, 6.07) is 0. The third-order valence-electron chi connectivity index (χ3n) is 6.80. The molecular formula is C21H38N2O+2. The van der Waals surface area contributed by atoms with Gasteiger partial charge in [-0.1, -0.05) is 6.92 Å². The number of piperidine rings is 2. The number of rotatable bonds is 3. The van der Waals surface area contributed by atoms with E-state index < -0.39 is 0 Å². The van der Waals surface area contributed by atoms with Gasteiger partial charge < -0.3 is 14.5 Å². The molecule has 3 heteroatoms. The normalized spacial score (nSPS) is 37.8. The van der Waals surface area contributed by atoms with Crippen LogP contribution in [0.3, 0.4) is 0 Å². The van der Waals surface area contributed by atoms with E-state index >= 15 is 0 Å². The van der Waals surface area contributed by atoms with Crippen molar-refractivity contribution in [3.63, 3.8) is 0 Å². The van der Waals surface area contributed by atoms with E-state index in [9.17, 15) is 0 Å². The summed E-state index contributed by atoms with van der Waals surface area (Å²) < 4.78 is 6.10. The van der Waals surface area contributed by atoms with Crippen molar-refractivity contribution >= 4 is 0 Å². The molecule has 0 saturated carbocycles. The van der Waals surface area contributed by atoms with Crippen LogP contribution in [0.5, 0.6) is 0 Å². The summed E-state index contributed by atoms with van der Waals surface area (Å²) in [7, 11) is 0. The maximum Gasteiger partial charge on any atom is 0.139 e. The zero-order valence-corrected chi connectivity index (χ0v) is 16.0. The van der Waals surface area contributed by atoms with Crippen LogP contribution in [0, 0.1) is 17.3 Å². The molecule has 3 fully saturated rings. The van der Waals surface area contributed by atoms with Crippen LogP contribution in [-0.4, -0.2) is 51.5 Å². The molecular weight excluding hydrogens is 296 g/mol. The van der Waals surface area contributed by atoms with Crippen LogP contribution in [0.15, 0.2) is 0 Å². The van der Waals surface area contributed by atoms with E-state index in [0.717, 1.165) is 26.1 Å². The fraction of sp³-hybridized carbons (Fsp3) is 0.905. The molecule has 0 aromatic carbocycles. The van der Waals surface area contributed by atoms with E-state index in [0.29, 0.717) is 5.41 Å². The summed E-state index contributed by atoms with van der Waals surface area (Å²) in [5.74, 6) is 7.01. The Morgan fingerprint density at radius 2 is 1.62 bits per heavy atom. The van der Waals surface area contributed by atoms with Gasteiger partial charge in [0.1, 0.15) is 13.1 Å². The van der Waals surface area contributed by atoms with Gasteiger partial charge in [-0.25, -0.2) is 0 Å². The van der Waals surface area contributed by atoms with Crippen LogP contribution in [0.25, 0.3) is 0 Å². The number of hydrogen-bond acceptors (Lipinski definition) is 1. The van der Waals surface area contributed by atoms with Gasteiger partial charge in [0.15, 0.2) is 0 Å². The Bertz CT molecular complexity index is 458. The lowest BCUT2D eigenvalue weighted by Crippen LogP contribution is -3.14. The van der Waals surface area contributed by atoms with Gasteiger partial charge in [0, 0.05) is 12.0 Å². The number of ether oxygens (including phenoxy) is 1. The minimum atomic E-state index is 0.115. The van der Waals surface area contributed by atoms with Gasteiger partial charge in [0.2, 0.25) is 0 Å². The molecule has 1 unspecified atom stereocenters. The fourth-order valence-electron chi connectivity index (χ4n) is 5.21. The highest BCUT2D eigenvalue weighted by Gasteiger charge is 2.46. The summed E-state index contributed by atoms with van der Waals surface area (Å²) >= 11 is 0. The zero-order valence-electron chi connectivity index (χ0n) is 16.0. The molecule has 0 aromatic rings. The molecule has 0 aliphatic carbocycles. The molecule has 24 heavy (non-hydrogen) atoms. The van der Waals surface area contributed by atoms with Gasteiger partial charge in [0.25, 0.3) is 0 Å². The Labute approximate surface area is 149 Å². The van der Waals surface area contributed by atoms with Gasteiger partial charge in [-0.05, 0) is 70.1 Å². The van der Waals surface area contributed by atoms with Crippen molar-refractivity contribution in [1.29, 1.82) is 0 Å². The predicted molar refractivity (Wildman–Crippen MR) is 98.3 cm³/mol. The van der Waals surface area contributed by atoms with Crippen molar-refractivity contribution in [3.8, 4) is 11.8 Å². The van der Waals surface area contributed by atoms with Crippen molar-refractivity contribution in [2.45, 2.75) is 70.8 Å². The van der Waals surface area contributed by atoms with Crippen LogP contribution in [0.4, 0.5) is 0 Å². The van der Waals surface area contributed by atoms with E-state index in [1.165, 1.54) is 71.1 Å². The molecule has 3 atom stereocenters. The van der Waals surface area contributed by atoms with Gasteiger partial charge in [-0.15, -0.1) is 0 Å². The molecule has 3 rings (SSSR count). The first-order valence-electron chi connectivity index (χ1n) is 10.4. The quantitative estimate of drug-likeness (QED) is 0.727. The first kappa shape index (κ1) is 18.2. The molecule has 0 bridgehead atoms. The summed E-state index contributed by atoms with van der Waals surface area (Å²) in [6.07, 6.45) is 10.7. The van der Waals surface area contributed by atoms with Crippen molar-refractivity contribution in [1.82, 2.24) is 0 Å². The lowest BCUT2D eigenvalue weighted by molar-refractivity contribution is -0.906. The molecule has 136 valence electrons. The molecule has 3 nitrogen and oxygen atoms in total. The lowest BCUT2D eigenvalue weighted by Gasteiger charge is -2.48. The maximum atomic E-state index is 6.10. The van der Waals surface area contributed by atoms with E-state index in [-0.39, 0.29) is 5.60 Å². The van der Waals surface area contributed by atoms with Crippen LogP contribution < -0.4 is 9.80 Å². The maximum absolute atomic E-state index is 6.10. The highest BCUT2D eigenvalue weighted by Crippen LogP contribution is 2.43. The van der Waals surface area contributed by atoms with Crippen molar-refractivity contribution in [3.05, 3.63) is 0 Å². The third kappa shape index (κ3) is 4.75. The fourth-order valence-corrected chi connectivity index (χ4v) is 5.21. The molecule has 3 aliphatic rings. The topological polar surface area (TPSA) is 18.1 Å². The molecule has 3 heterocycles. The number of hydrogen-bond donors (Lipinski definition) is 2. The first-order chi connectivity index (χ1) is 11.6. The van der Waals surface area contributed by atoms with Crippen LogP contribution >= 0.6 is 0 Å². The largest absolute Gasteiger partial charge is 0.375 e. The van der Waals surface area contributed by atoms with Gasteiger partial charge >= 0.3 is 0 Å². The second-order valence-corrected chi connectivity index (χ2v) is 8.88. The van der Waals surface area contributed by atoms with E-state index in [1.54, 1.807) is 9.80 Å². The van der Waals surface area contributed by atoms with Gasteiger partial charge in [0.05, 0.1) is 31.8 Å². The van der Waals surface area contributed by atoms with Gasteiger partial charge in [-0.2, -0.15) is 0 Å². The summed E-state index contributed by atoms with van der Waals surface area (Å²) in [5, 5.41) is 0. The molecule has 3 aliphatic heterocycles. The molecule has 1 spiro atoms. The molecule has 2 N–H and O–H groups in total. The predicted octanol–water partition coefficient (Wildman–Crippen LogP) is 0.703. The van der Waals surface area contributed by atoms with Crippen molar-refractivity contribution in [2.75, 3.05) is 45.9 Å². The SMILES string of the molecule is CC[C@]1(C)C[C@]2(CCC[NH+](CC#CC[NH+]3CCCCC3)C2)CCO1. The molecule has 0 aromatic heterocycles. The van der Waals surface area contributed by atoms with E-state index in [2.05, 4.69) is 25.7 Å². The lowest BCUT2D eigenvalue weighted by atomic mass is 9.68. The Hall–Kier alpha value is -0.560. The number of likely N-dealkylation sites (tertiary alicyclic amines) is 2. The van der Waals surface area contributed by atoms with Crippen molar-refractivity contribution in [2.24, 2.45) is 5.41 Å². The number of nitrogens with one attached hydrogen (secondary N) is 2. The summed E-state index contributed by atoms with van der Waals surface area (Å²) in [5.41, 5.74) is 0.639. The average molecular weight is 335 g/mol. The summed E-state index contributed by atoms with van der Waals surface area (Å²) in [4.78, 5) is 3.43. The second kappa shape index (κ2) is 8.21. The van der Waals surface area contributed by atoms with Crippen LogP contribution in [0.2, 0.25) is 0 Å². The van der Waals surface area contributed by atoms with E-state index in [4.69, 9.17) is 4.74 Å². The monoisotopic (exact) mass is 334 g/mol. The summed E-state index contributed by atoms with van der Waals surface area (Å²) in [6.45, 7) is 13.0. The first-order valence-corrected chi connectivity index (χ1v) is 10.4. The molecule has 0 amide bonds. The standard InChI is InChI=1S/C21H36N2O/c1-3-20(2)18-21(11-17-24-20)10-9-16-23(19-21)15-8-7-14-22-12-5-4-6-13-22/h3-6,9-19H2,1-2H3/p+2/t20-,21+/m1/s1. The van der Waals surface area contributed by atoms with Gasteiger partial charge in [-0.3, -0.25) is 0 Å². The highest BCUT2D eigenvalue weighted by atomic mass is 16.5.